The van der Waals surface area contributed by atoms with Crippen LogP contribution in [0.25, 0.3) is 10.9 Å². The molecule has 2 aromatic heterocycles. The molecule has 0 saturated carbocycles. The van der Waals surface area contributed by atoms with Crippen LogP contribution in [0.5, 0.6) is 5.75 Å². The number of aliphatic hydroxyl groups is 1. The van der Waals surface area contributed by atoms with Crippen LogP contribution in [0.4, 0.5) is 0 Å². The van der Waals surface area contributed by atoms with E-state index >= 15 is 0 Å². The summed E-state index contributed by atoms with van der Waals surface area (Å²) in [6.07, 6.45) is 2.48. The molecule has 160 valence electrons. The Balaban J connectivity index is 1.51. The van der Waals surface area contributed by atoms with Crippen molar-refractivity contribution in [2.45, 2.75) is 12.5 Å². The molecule has 1 atom stereocenters. The van der Waals surface area contributed by atoms with E-state index in [1.807, 2.05) is 30.5 Å². The monoisotopic (exact) mass is 444 g/mol. The molecule has 3 heterocycles. The Hall–Kier alpha value is -3.84. The van der Waals surface area contributed by atoms with Crippen LogP contribution in [0.3, 0.4) is 0 Å². The summed E-state index contributed by atoms with van der Waals surface area (Å²) in [5.74, 6) is -1.36. The number of carbonyl (C=O) groups excluding carboxylic acids is 2. The molecule has 0 bridgehead atoms. The lowest BCUT2D eigenvalue weighted by atomic mass is 9.95. The molecule has 1 aliphatic rings. The minimum atomic E-state index is -0.733. The van der Waals surface area contributed by atoms with E-state index in [1.54, 1.807) is 29.6 Å². The van der Waals surface area contributed by atoms with E-state index in [4.69, 9.17) is 0 Å². The Labute approximate surface area is 188 Å². The van der Waals surface area contributed by atoms with Crippen molar-refractivity contribution in [2.24, 2.45) is 0 Å². The van der Waals surface area contributed by atoms with Gasteiger partial charge in [0.15, 0.2) is 5.76 Å². The number of fused-ring (bicyclic) bond motifs is 1. The minimum Gasteiger partial charge on any atom is -0.508 e. The number of thiophene rings is 1. The quantitative estimate of drug-likeness (QED) is 0.374. The Morgan fingerprint density at radius 1 is 1.03 bits per heavy atom. The smallest absolute Gasteiger partial charge is 0.290 e. The summed E-state index contributed by atoms with van der Waals surface area (Å²) < 4.78 is 0. The first-order chi connectivity index (χ1) is 15.5. The van der Waals surface area contributed by atoms with Crippen molar-refractivity contribution >= 4 is 33.9 Å². The zero-order valence-electron chi connectivity index (χ0n) is 17.0. The SMILES string of the molecule is O=C(C1=C(O)C(=O)N(CCc2c[nH]c3ccccc23)C1c1ccc(O)cc1)c1cccs1. The molecule has 0 saturated heterocycles. The highest BCUT2D eigenvalue weighted by Crippen LogP contribution is 2.40. The number of hydrogen-bond acceptors (Lipinski definition) is 5. The van der Waals surface area contributed by atoms with Crippen molar-refractivity contribution in [1.82, 2.24) is 9.88 Å². The first-order valence-corrected chi connectivity index (χ1v) is 11.1. The summed E-state index contributed by atoms with van der Waals surface area (Å²) >= 11 is 1.27. The van der Waals surface area contributed by atoms with Gasteiger partial charge in [-0.25, -0.2) is 0 Å². The molecular weight excluding hydrogens is 424 g/mol. The second kappa shape index (κ2) is 8.01. The van der Waals surface area contributed by atoms with Crippen molar-refractivity contribution in [3.05, 3.63) is 99.6 Å². The summed E-state index contributed by atoms with van der Waals surface area (Å²) in [6.45, 7) is 0.317. The average molecular weight is 445 g/mol. The van der Waals surface area contributed by atoms with Gasteiger partial charge in [-0.05, 0) is 47.2 Å². The predicted octanol–water partition coefficient (Wildman–Crippen LogP) is 4.76. The molecule has 32 heavy (non-hydrogen) atoms. The fourth-order valence-corrected chi connectivity index (χ4v) is 4.92. The van der Waals surface area contributed by atoms with Gasteiger partial charge in [0.1, 0.15) is 5.75 Å². The van der Waals surface area contributed by atoms with Gasteiger partial charge in [0.05, 0.1) is 16.5 Å². The summed E-state index contributed by atoms with van der Waals surface area (Å²) in [5, 5.41) is 23.3. The highest BCUT2D eigenvalue weighted by molar-refractivity contribution is 7.12. The van der Waals surface area contributed by atoms with Crippen molar-refractivity contribution in [3.8, 4) is 5.75 Å². The van der Waals surface area contributed by atoms with Crippen molar-refractivity contribution in [3.63, 3.8) is 0 Å². The van der Waals surface area contributed by atoms with Gasteiger partial charge >= 0.3 is 0 Å². The van der Waals surface area contributed by atoms with E-state index in [1.165, 1.54) is 28.4 Å². The maximum atomic E-state index is 13.2. The molecule has 1 amide bonds. The zero-order valence-corrected chi connectivity index (χ0v) is 17.8. The highest BCUT2D eigenvalue weighted by Gasteiger charge is 2.43. The number of amides is 1. The number of para-hydroxylation sites is 1. The van der Waals surface area contributed by atoms with Crippen LogP contribution in [0, 0.1) is 0 Å². The number of phenols is 1. The number of rotatable bonds is 6. The molecule has 3 N–H and O–H groups in total. The van der Waals surface area contributed by atoms with Crippen LogP contribution in [0.2, 0.25) is 0 Å². The lowest BCUT2D eigenvalue weighted by molar-refractivity contribution is -0.129. The number of carbonyl (C=O) groups is 2. The van der Waals surface area contributed by atoms with Gasteiger partial charge in [0, 0.05) is 23.6 Å². The Bertz CT molecular complexity index is 1340. The van der Waals surface area contributed by atoms with Gasteiger partial charge < -0.3 is 20.1 Å². The third kappa shape index (κ3) is 3.36. The number of nitrogens with one attached hydrogen (secondary N) is 1. The van der Waals surface area contributed by atoms with Crippen LogP contribution >= 0.6 is 11.3 Å². The number of nitrogens with zero attached hydrogens (tertiary/aromatic N) is 1. The highest BCUT2D eigenvalue weighted by atomic mass is 32.1. The number of aromatic nitrogens is 1. The number of aromatic hydroxyl groups is 1. The van der Waals surface area contributed by atoms with E-state index in [0.29, 0.717) is 23.4 Å². The van der Waals surface area contributed by atoms with Gasteiger partial charge in [-0.15, -0.1) is 11.3 Å². The molecular formula is C25H20N2O4S. The standard InChI is InChI=1S/C25H20N2O4S/c28-17-9-7-15(8-10-17)22-21(23(29)20-6-3-13-32-20)24(30)25(31)27(22)12-11-16-14-26-19-5-2-1-4-18(16)19/h1-10,13-14,22,26,28,30H,11-12H2. The molecule has 7 heteroatoms. The third-order valence-corrected chi connectivity index (χ3v) is 6.67. The molecule has 6 nitrogen and oxygen atoms in total. The number of phenolic OH excluding ortho intramolecular Hbond substituents is 1. The second-order valence-corrected chi connectivity index (χ2v) is 8.62. The normalized spacial score (nSPS) is 16.3. The second-order valence-electron chi connectivity index (χ2n) is 7.67. The summed E-state index contributed by atoms with van der Waals surface area (Å²) in [7, 11) is 0. The fourth-order valence-electron chi connectivity index (χ4n) is 4.24. The predicted molar refractivity (Wildman–Crippen MR) is 123 cm³/mol. The Kier molecular flexibility index (Phi) is 5.03. The van der Waals surface area contributed by atoms with Gasteiger partial charge in [-0.3, -0.25) is 9.59 Å². The summed E-state index contributed by atoms with van der Waals surface area (Å²) in [4.78, 5) is 31.5. The van der Waals surface area contributed by atoms with Crippen molar-refractivity contribution in [2.75, 3.05) is 6.54 Å². The molecule has 5 rings (SSSR count). The molecule has 1 aliphatic heterocycles. The zero-order chi connectivity index (χ0) is 22.2. The maximum absolute atomic E-state index is 13.2. The number of Topliss-reactive ketones (excluding diaryl/α,β-unsaturated/α-hetero) is 1. The summed E-state index contributed by atoms with van der Waals surface area (Å²) in [5.41, 5.74) is 2.79. The molecule has 0 spiro atoms. The van der Waals surface area contributed by atoms with E-state index in [2.05, 4.69) is 4.98 Å². The molecule has 2 aromatic carbocycles. The first-order valence-electron chi connectivity index (χ1n) is 10.2. The van der Waals surface area contributed by atoms with E-state index < -0.39 is 17.7 Å². The van der Waals surface area contributed by atoms with E-state index in [0.717, 1.165) is 16.5 Å². The minimum absolute atomic E-state index is 0.0714. The third-order valence-electron chi connectivity index (χ3n) is 5.80. The van der Waals surface area contributed by atoms with Crippen LogP contribution in [0.15, 0.2) is 83.6 Å². The van der Waals surface area contributed by atoms with Crippen LogP contribution < -0.4 is 0 Å². The number of aromatic amines is 1. The topological polar surface area (TPSA) is 93.6 Å². The molecule has 0 aliphatic carbocycles. The van der Waals surface area contributed by atoms with Crippen molar-refractivity contribution < 1.29 is 19.8 Å². The lowest BCUT2D eigenvalue weighted by Crippen LogP contribution is -2.33. The molecule has 0 radical (unpaired) electrons. The van der Waals surface area contributed by atoms with Gasteiger partial charge in [-0.1, -0.05) is 36.4 Å². The van der Waals surface area contributed by atoms with Crippen LogP contribution in [0.1, 0.15) is 26.8 Å². The molecule has 4 aromatic rings. The van der Waals surface area contributed by atoms with E-state index in [9.17, 15) is 19.8 Å². The largest absolute Gasteiger partial charge is 0.508 e. The summed E-state index contributed by atoms with van der Waals surface area (Å²) in [6, 6.07) is 17.0. The maximum Gasteiger partial charge on any atom is 0.290 e. The number of hydrogen-bond donors (Lipinski definition) is 3. The Morgan fingerprint density at radius 3 is 2.56 bits per heavy atom. The number of ketones is 1. The molecule has 1 unspecified atom stereocenters. The van der Waals surface area contributed by atoms with Gasteiger partial charge in [0.25, 0.3) is 5.91 Å². The van der Waals surface area contributed by atoms with Gasteiger partial charge in [0.2, 0.25) is 5.78 Å². The van der Waals surface area contributed by atoms with Crippen LogP contribution in [-0.2, 0) is 11.2 Å². The number of benzene rings is 2. The average Bonchev–Trinajstić information content (AvgIpc) is 3.53. The Morgan fingerprint density at radius 2 is 1.81 bits per heavy atom. The molecule has 0 fully saturated rings. The van der Waals surface area contributed by atoms with Gasteiger partial charge in [-0.2, -0.15) is 0 Å². The first kappa shape index (κ1) is 20.1. The lowest BCUT2D eigenvalue weighted by Gasteiger charge is -2.26. The van der Waals surface area contributed by atoms with Crippen LogP contribution in [-0.4, -0.2) is 38.3 Å². The van der Waals surface area contributed by atoms with Crippen molar-refractivity contribution in [1.29, 1.82) is 0 Å². The number of aliphatic hydroxyl groups excluding tert-OH is 1. The van der Waals surface area contributed by atoms with E-state index in [-0.39, 0.29) is 17.1 Å². The fraction of sp³-hybridized carbons (Fsp3) is 0.120. The number of H-pyrrole nitrogens is 1.